The van der Waals surface area contributed by atoms with Gasteiger partial charge in [-0.15, -0.1) is 0 Å². The Kier molecular flexibility index (Phi) is 5.81. The molecule has 1 amide bonds. The van der Waals surface area contributed by atoms with E-state index in [2.05, 4.69) is 31.4 Å². The Hall–Kier alpha value is -0.570. The van der Waals surface area contributed by atoms with E-state index in [1.165, 1.54) is 19.3 Å². The summed E-state index contributed by atoms with van der Waals surface area (Å²) < 4.78 is 0. The average molecular weight is 226 g/mol. The van der Waals surface area contributed by atoms with Crippen molar-refractivity contribution in [3.05, 3.63) is 0 Å². The van der Waals surface area contributed by atoms with Crippen molar-refractivity contribution in [3.63, 3.8) is 0 Å². The highest BCUT2D eigenvalue weighted by atomic mass is 16.1. The molecule has 1 rings (SSSR count). The van der Waals surface area contributed by atoms with E-state index in [-0.39, 0.29) is 5.91 Å². The van der Waals surface area contributed by atoms with Crippen molar-refractivity contribution >= 4 is 5.91 Å². The monoisotopic (exact) mass is 226 g/mol. The lowest BCUT2D eigenvalue weighted by Crippen LogP contribution is -2.39. The molecular formula is C13H26N2O. The molecule has 3 heteroatoms. The lowest BCUT2D eigenvalue weighted by Gasteiger charge is -2.16. The average Bonchev–Trinajstić information content (AvgIpc) is 2.69. The summed E-state index contributed by atoms with van der Waals surface area (Å²) in [6, 6.07) is 0.427. The molecule has 0 spiro atoms. The maximum absolute atomic E-state index is 11.6. The second-order valence-corrected chi connectivity index (χ2v) is 5.16. The van der Waals surface area contributed by atoms with Crippen LogP contribution in [0, 0.1) is 11.8 Å². The number of carbonyl (C=O) groups excluding carboxylic acids is 1. The van der Waals surface area contributed by atoms with Gasteiger partial charge in [-0.3, -0.25) is 4.79 Å². The van der Waals surface area contributed by atoms with Crippen LogP contribution in [0.3, 0.4) is 0 Å². The quantitative estimate of drug-likeness (QED) is 0.726. The van der Waals surface area contributed by atoms with Gasteiger partial charge in [-0.25, -0.2) is 0 Å². The maximum Gasteiger partial charge on any atom is 0.233 e. The van der Waals surface area contributed by atoms with Gasteiger partial charge in [0, 0.05) is 12.6 Å². The van der Waals surface area contributed by atoms with Crippen molar-refractivity contribution in [1.29, 1.82) is 0 Å². The van der Waals surface area contributed by atoms with E-state index in [9.17, 15) is 4.79 Å². The third-order valence-corrected chi connectivity index (χ3v) is 3.82. The van der Waals surface area contributed by atoms with Gasteiger partial charge in [-0.05, 0) is 31.6 Å². The van der Waals surface area contributed by atoms with Gasteiger partial charge in [-0.2, -0.15) is 0 Å². The summed E-state index contributed by atoms with van der Waals surface area (Å²) in [6.07, 6.45) is 4.99. The SMILES string of the molecule is CCC(C)NCC(=O)NCC1CCCC1C. The van der Waals surface area contributed by atoms with Crippen LogP contribution in [0.4, 0.5) is 0 Å². The van der Waals surface area contributed by atoms with Gasteiger partial charge in [-0.1, -0.05) is 26.7 Å². The number of nitrogens with one attached hydrogen (secondary N) is 2. The summed E-state index contributed by atoms with van der Waals surface area (Å²) in [5.74, 6) is 1.62. The molecule has 1 aliphatic carbocycles. The van der Waals surface area contributed by atoms with Crippen molar-refractivity contribution in [2.45, 2.75) is 52.5 Å². The fourth-order valence-electron chi connectivity index (χ4n) is 2.24. The minimum Gasteiger partial charge on any atom is -0.355 e. The van der Waals surface area contributed by atoms with Crippen molar-refractivity contribution < 1.29 is 4.79 Å². The molecule has 3 nitrogen and oxygen atoms in total. The normalized spacial score (nSPS) is 26.7. The molecule has 1 aliphatic rings. The molecule has 3 unspecified atom stereocenters. The predicted molar refractivity (Wildman–Crippen MR) is 67.3 cm³/mol. The summed E-state index contributed by atoms with van der Waals surface area (Å²) in [7, 11) is 0. The van der Waals surface area contributed by atoms with Crippen LogP contribution in [0.1, 0.15) is 46.5 Å². The minimum atomic E-state index is 0.138. The van der Waals surface area contributed by atoms with E-state index in [4.69, 9.17) is 0 Å². The molecular weight excluding hydrogens is 200 g/mol. The Morgan fingerprint density at radius 3 is 2.75 bits per heavy atom. The van der Waals surface area contributed by atoms with E-state index < -0.39 is 0 Å². The van der Waals surface area contributed by atoms with Gasteiger partial charge in [0.15, 0.2) is 0 Å². The first-order valence-corrected chi connectivity index (χ1v) is 6.63. The lowest BCUT2D eigenvalue weighted by molar-refractivity contribution is -0.120. The standard InChI is InChI=1S/C13H26N2O/c1-4-11(3)14-9-13(16)15-8-12-7-5-6-10(12)2/h10-12,14H,4-9H2,1-3H3,(H,15,16). The van der Waals surface area contributed by atoms with Crippen LogP contribution in [-0.4, -0.2) is 25.0 Å². The number of hydrogen-bond donors (Lipinski definition) is 2. The molecule has 0 heterocycles. The summed E-state index contributed by atoms with van der Waals surface area (Å²) in [4.78, 5) is 11.6. The van der Waals surface area contributed by atoms with E-state index in [1.54, 1.807) is 0 Å². The van der Waals surface area contributed by atoms with Gasteiger partial charge in [0.1, 0.15) is 0 Å². The molecule has 0 bridgehead atoms. The summed E-state index contributed by atoms with van der Waals surface area (Å²) in [5.41, 5.74) is 0. The second kappa shape index (κ2) is 6.89. The molecule has 0 aromatic rings. The third kappa shape index (κ3) is 4.52. The van der Waals surface area contributed by atoms with Crippen molar-refractivity contribution in [2.75, 3.05) is 13.1 Å². The lowest BCUT2D eigenvalue weighted by atomic mass is 9.98. The van der Waals surface area contributed by atoms with Gasteiger partial charge in [0.2, 0.25) is 5.91 Å². The fraction of sp³-hybridized carbons (Fsp3) is 0.923. The number of amides is 1. The maximum atomic E-state index is 11.6. The van der Waals surface area contributed by atoms with Gasteiger partial charge < -0.3 is 10.6 Å². The largest absolute Gasteiger partial charge is 0.355 e. The zero-order valence-electron chi connectivity index (χ0n) is 10.9. The zero-order valence-corrected chi connectivity index (χ0v) is 10.9. The van der Waals surface area contributed by atoms with Crippen LogP contribution >= 0.6 is 0 Å². The molecule has 16 heavy (non-hydrogen) atoms. The highest BCUT2D eigenvalue weighted by Crippen LogP contribution is 2.30. The van der Waals surface area contributed by atoms with E-state index in [1.807, 2.05) is 0 Å². The Morgan fingerprint density at radius 2 is 2.19 bits per heavy atom. The first-order valence-electron chi connectivity index (χ1n) is 6.63. The van der Waals surface area contributed by atoms with E-state index >= 15 is 0 Å². The van der Waals surface area contributed by atoms with Crippen molar-refractivity contribution in [3.8, 4) is 0 Å². The first kappa shape index (κ1) is 13.5. The molecule has 2 N–H and O–H groups in total. The molecule has 1 fully saturated rings. The second-order valence-electron chi connectivity index (χ2n) is 5.16. The smallest absolute Gasteiger partial charge is 0.233 e. The molecule has 0 radical (unpaired) electrons. The Bertz CT molecular complexity index is 218. The number of rotatable bonds is 6. The van der Waals surface area contributed by atoms with Crippen LogP contribution in [0.25, 0.3) is 0 Å². The molecule has 0 aromatic heterocycles. The highest BCUT2D eigenvalue weighted by molar-refractivity contribution is 5.78. The summed E-state index contributed by atoms with van der Waals surface area (Å²) >= 11 is 0. The van der Waals surface area contributed by atoms with E-state index in [0.717, 1.165) is 18.9 Å². The van der Waals surface area contributed by atoms with Crippen LogP contribution in [-0.2, 0) is 4.79 Å². The van der Waals surface area contributed by atoms with Crippen molar-refractivity contribution in [1.82, 2.24) is 10.6 Å². The number of carbonyl (C=O) groups is 1. The molecule has 94 valence electrons. The summed E-state index contributed by atoms with van der Waals surface area (Å²) in [5, 5.41) is 6.24. The van der Waals surface area contributed by atoms with Crippen molar-refractivity contribution in [2.24, 2.45) is 11.8 Å². The Balaban J connectivity index is 2.10. The molecule has 0 aromatic carbocycles. The van der Waals surface area contributed by atoms with Gasteiger partial charge >= 0.3 is 0 Å². The van der Waals surface area contributed by atoms with Crippen LogP contribution in [0.5, 0.6) is 0 Å². The molecule has 0 saturated heterocycles. The predicted octanol–water partition coefficient (Wildman–Crippen LogP) is 1.93. The molecule has 0 aliphatic heterocycles. The number of hydrogen-bond acceptors (Lipinski definition) is 2. The van der Waals surface area contributed by atoms with Gasteiger partial charge in [0.25, 0.3) is 0 Å². The summed E-state index contributed by atoms with van der Waals surface area (Å²) in [6.45, 7) is 7.83. The van der Waals surface area contributed by atoms with Crippen LogP contribution in [0.2, 0.25) is 0 Å². The fourth-order valence-corrected chi connectivity index (χ4v) is 2.24. The highest BCUT2D eigenvalue weighted by Gasteiger charge is 2.23. The van der Waals surface area contributed by atoms with Gasteiger partial charge in [0.05, 0.1) is 6.54 Å². The molecule has 1 saturated carbocycles. The molecule has 3 atom stereocenters. The first-order chi connectivity index (χ1) is 7.63. The zero-order chi connectivity index (χ0) is 12.0. The Morgan fingerprint density at radius 1 is 1.44 bits per heavy atom. The Labute approximate surface area is 99.4 Å². The minimum absolute atomic E-state index is 0.138. The third-order valence-electron chi connectivity index (χ3n) is 3.82. The topological polar surface area (TPSA) is 41.1 Å². The van der Waals surface area contributed by atoms with Crippen LogP contribution in [0.15, 0.2) is 0 Å². The van der Waals surface area contributed by atoms with Crippen LogP contribution < -0.4 is 10.6 Å². The van der Waals surface area contributed by atoms with E-state index in [0.29, 0.717) is 18.5 Å².